The summed E-state index contributed by atoms with van der Waals surface area (Å²) in [5.41, 5.74) is 0. The number of rotatable bonds is 5. The Balaban J connectivity index is 2.27. The number of hydrogen-bond donors (Lipinski definition) is 1. The number of ether oxygens (including phenoxy) is 1. The lowest BCUT2D eigenvalue weighted by molar-refractivity contribution is 0.0853. The molecule has 1 fully saturated rings. The van der Waals surface area contributed by atoms with Crippen molar-refractivity contribution in [2.75, 3.05) is 18.9 Å². The maximum Gasteiger partial charge on any atom is 0.156 e. The number of nitrogens with zero attached hydrogens (tertiary/aromatic N) is 1. The molecule has 1 saturated heterocycles. The third kappa shape index (κ3) is 5.21. The number of thioether (sulfide) groups is 1. The highest BCUT2D eigenvalue weighted by Gasteiger charge is 2.19. The van der Waals surface area contributed by atoms with E-state index >= 15 is 0 Å². The number of hydrogen-bond acceptors (Lipinski definition) is 3. The first-order valence-corrected chi connectivity index (χ1v) is 7.13. The van der Waals surface area contributed by atoms with Crippen molar-refractivity contribution >= 4 is 16.9 Å². The van der Waals surface area contributed by atoms with Gasteiger partial charge in [0.2, 0.25) is 0 Å². The van der Waals surface area contributed by atoms with Gasteiger partial charge in [0.15, 0.2) is 5.17 Å². The van der Waals surface area contributed by atoms with Crippen LogP contribution in [0.3, 0.4) is 0 Å². The van der Waals surface area contributed by atoms with Crippen LogP contribution in [0.1, 0.15) is 34.1 Å². The lowest BCUT2D eigenvalue weighted by Gasteiger charge is -2.28. The van der Waals surface area contributed by atoms with Crippen LogP contribution in [-0.4, -0.2) is 36.2 Å². The molecule has 1 rings (SSSR count). The summed E-state index contributed by atoms with van der Waals surface area (Å²) in [5, 5.41) is 4.59. The van der Waals surface area contributed by atoms with E-state index in [1.807, 2.05) is 11.8 Å². The van der Waals surface area contributed by atoms with Crippen LogP contribution in [0.2, 0.25) is 0 Å². The van der Waals surface area contributed by atoms with Gasteiger partial charge < -0.3 is 10.1 Å². The van der Waals surface area contributed by atoms with Crippen molar-refractivity contribution < 1.29 is 4.74 Å². The lowest BCUT2D eigenvalue weighted by atomic mass is 10.0. The number of nitrogens with one attached hydrogen (secondary N) is 1. The van der Waals surface area contributed by atoms with E-state index in [-0.39, 0.29) is 0 Å². The summed E-state index contributed by atoms with van der Waals surface area (Å²) in [4.78, 5) is 4.53. The van der Waals surface area contributed by atoms with Crippen molar-refractivity contribution in [3.05, 3.63) is 0 Å². The smallest absolute Gasteiger partial charge is 0.156 e. The minimum Gasteiger partial charge on any atom is -0.377 e. The SMILES string of the molecule is CC(C)OCCN=C1NC(C(C)C)CCS1. The molecule has 94 valence electrons. The Bertz CT molecular complexity index is 229. The van der Waals surface area contributed by atoms with Gasteiger partial charge in [0, 0.05) is 11.8 Å². The molecule has 0 radical (unpaired) electrons. The maximum atomic E-state index is 5.46. The molecule has 0 aliphatic carbocycles. The van der Waals surface area contributed by atoms with Gasteiger partial charge in [-0.15, -0.1) is 0 Å². The quantitative estimate of drug-likeness (QED) is 0.755. The highest BCUT2D eigenvalue weighted by molar-refractivity contribution is 8.13. The van der Waals surface area contributed by atoms with Gasteiger partial charge in [-0.25, -0.2) is 0 Å². The van der Waals surface area contributed by atoms with E-state index in [2.05, 4.69) is 38.0 Å². The summed E-state index contributed by atoms with van der Waals surface area (Å²) >= 11 is 1.83. The van der Waals surface area contributed by atoms with Gasteiger partial charge in [-0.3, -0.25) is 4.99 Å². The van der Waals surface area contributed by atoms with Gasteiger partial charge in [0.1, 0.15) is 0 Å². The first-order valence-electron chi connectivity index (χ1n) is 6.15. The third-order valence-corrected chi connectivity index (χ3v) is 3.54. The molecule has 0 aromatic rings. The maximum absolute atomic E-state index is 5.46. The highest BCUT2D eigenvalue weighted by Crippen LogP contribution is 2.18. The molecule has 0 bridgehead atoms. The molecule has 0 amide bonds. The zero-order valence-corrected chi connectivity index (χ0v) is 11.6. The van der Waals surface area contributed by atoms with E-state index in [1.165, 1.54) is 12.2 Å². The molecule has 0 spiro atoms. The minimum atomic E-state index is 0.301. The lowest BCUT2D eigenvalue weighted by Crippen LogP contribution is -2.41. The van der Waals surface area contributed by atoms with Gasteiger partial charge >= 0.3 is 0 Å². The van der Waals surface area contributed by atoms with Crippen molar-refractivity contribution in [1.82, 2.24) is 5.32 Å². The van der Waals surface area contributed by atoms with Gasteiger partial charge in [-0.05, 0) is 26.2 Å². The van der Waals surface area contributed by atoms with Crippen LogP contribution in [0.15, 0.2) is 4.99 Å². The molecule has 1 unspecified atom stereocenters. The zero-order chi connectivity index (χ0) is 12.0. The van der Waals surface area contributed by atoms with Crippen LogP contribution < -0.4 is 5.32 Å². The topological polar surface area (TPSA) is 33.6 Å². The first-order chi connectivity index (χ1) is 7.59. The predicted octanol–water partition coefficient (Wildman–Crippen LogP) is 2.52. The van der Waals surface area contributed by atoms with E-state index in [4.69, 9.17) is 4.74 Å². The molecule has 3 nitrogen and oxygen atoms in total. The van der Waals surface area contributed by atoms with Crippen LogP contribution in [-0.2, 0) is 4.74 Å². The second-order valence-corrected chi connectivity index (χ2v) is 5.82. The molecule has 0 saturated carbocycles. The molecule has 1 aliphatic rings. The van der Waals surface area contributed by atoms with Crippen LogP contribution >= 0.6 is 11.8 Å². The molecule has 1 heterocycles. The fraction of sp³-hybridized carbons (Fsp3) is 0.917. The third-order valence-electron chi connectivity index (χ3n) is 2.58. The Morgan fingerprint density at radius 3 is 2.81 bits per heavy atom. The fourth-order valence-electron chi connectivity index (χ4n) is 1.58. The van der Waals surface area contributed by atoms with Gasteiger partial charge in [0.05, 0.1) is 19.3 Å². The summed E-state index contributed by atoms with van der Waals surface area (Å²) in [6.07, 6.45) is 1.54. The van der Waals surface area contributed by atoms with Gasteiger partial charge in [-0.2, -0.15) is 0 Å². The van der Waals surface area contributed by atoms with Crippen molar-refractivity contribution in [2.45, 2.75) is 46.3 Å². The summed E-state index contributed by atoms with van der Waals surface area (Å²) in [7, 11) is 0. The van der Waals surface area contributed by atoms with E-state index in [0.29, 0.717) is 18.1 Å². The minimum absolute atomic E-state index is 0.301. The number of amidine groups is 1. The Labute approximate surface area is 103 Å². The Morgan fingerprint density at radius 2 is 2.19 bits per heavy atom. The van der Waals surface area contributed by atoms with Crippen LogP contribution in [0.5, 0.6) is 0 Å². The second kappa shape index (κ2) is 7.17. The number of aliphatic imine (C=N–C) groups is 1. The van der Waals surface area contributed by atoms with E-state index in [0.717, 1.165) is 18.3 Å². The summed E-state index contributed by atoms with van der Waals surface area (Å²) in [6.45, 7) is 10.1. The van der Waals surface area contributed by atoms with Crippen molar-refractivity contribution in [2.24, 2.45) is 10.9 Å². The first kappa shape index (κ1) is 13.8. The molecule has 0 aromatic heterocycles. The van der Waals surface area contributed by atoms with Crippen molar-refractivity contribution in [3.63, 3.8) is 0 Å². The van der Waals surface area contributed by atoms with Gasteiger partial charge in [-0.1, -0.05) is 25.6 Å². The molecule has 1 aliphatic heterocycles. The largest absolute Gasteiger partial charge is 0.377 e. The van der Waals surface area contributed by atoms with Crippen molar-refractivity contribution in [3.8, 4) is 0 Å². The molecular weight excluding hydrogens is 220 g/mol. The van der Waals surface area contributed by atoms with Crippen LogP contribution in [0, 0.1) is 5.92 Å². The fourth-order valence-corrected chi connectivity index (χ4v) is 2.56. The summed E-state index contributed by atoms with van der Waals surface area (Å²) < 4.78 is 5.46. The van der Waals surface area contributed by atoms with Crippen LogP contribution in [0.25, 0.3) is 0 Å². The predicted molar refractivity (Wildman–Crippen MR) is 72.2 cm³/mol. The van der Waals surface area contributed by atoms with Crippen LogP contribution in [0.4, 0.5) is 0 Å². The average molecular weight is 244 g/mol. The van der Waals surface area contributed by atoms with E-state index in [1.54, 1.807) is 0 Å². The Hall–Kier alpha value is -0.220. The standard InChI is InChI=1S/C12H24N2OS/c1-9(2)11-5-8-16-12(14-11)13-6-7-15-10(3)4/h9-11H,5-8H2,1-4H3,(H,13,14). The highest BCUT2D eigenvalue weighted by atomic mass is 32.2. The van der Waals surface area contributed by atoms with Crippen molar-refractivity contribution in [1.29, 1.82) is 0 Å². The zero-order valence-electron chi connectivity index (χ0n) is 10.8. The van der Waals surface area contributed by atoms with Gasteiger partial charge in [0.25, 0.3) is 0 Å². The average Bonchev–Trinajstić information content (AvgIpc) is 2.24. The van der Waals surface area contributed by atoms with E-state index in [9.17, 15) is 0 Å². The summed E-state index contributed by atoms with van der Waals surface area (Å²) in [5.74, 6) is 1.86. The normalized spacial score (nSPS) is 24.1. The monoisotopic (exact) mass is 244 g/mol. The molecule has 0 aromatic carbocycles. The molecule has 1 N–H and O–H groups in total. The summed E-state index contributed by atoms with van der Waals surface area (Å²) in [6, 6.07) is 0.589. The molecule has 4 heteroatoms. The Morgan fingerprint density at radius 1 is 1.44 bits per heavy atom. The second-order valence-electron chi connectivity index (χ2n) is 4.74. The molecular formula is C12H24N2OS. The van der Waals surface area contributed by atoms with E-state index < -0.39 is 0 Å². The Kier molecular flexibility index (Phi) is 6.21. The molecule has 16 heavy (non-hydrogen) atoms. The molecule has 1 atom stereocenters.